The summed E-state index contributed by atoms with van der Waals surface area (Å²) >= 11 is 0. The molecule has 8 heteroatoms. The Balaban J connectivity index is 1.53. The summed E-state index contributed by atoms with van der Waals surface area (Å²) in [4.78, 5) is 10.9. The van der Waals surface area contributed by atoms with Gasteiger partial charge in [0.15, 0.2) is 11.6 Å². The third kappa shape index (κ3) is 4.60. The van der Waals surface area contributed by atoms with E-state index in [-0.39, 0.29) is 6.04 Å². The van der Waals surface area contributed by atoms with E-state index in [2.05, 4.69) is 19.6 Å². The maximum absolute atomic E-state index is 11.3. The minimum absolute atomic E-state index is 0.0406. The van der Waals surface area contributed by atoms with Crippen LogP contribution in [0.15, 0.2) is 35.2 Å². The number of rotatable bonds is 5. The van der Waals surface area contributed by atoms with E-state index in [0.29, 0.717) is 11.6 Å². The molecule has 0 aliphatic carbocycles. The van der Waals surface area contributed by atoms with Crippen molar-refractivity contribution in [3.63, 3.8) is 0 Å². The predicted molar refractivity (Wildman–Crippen MR) is 86.0 cm³/mol. The number of aromatic nitrogens is 2. The van der Waals surface area contributed by atoms with Gasteiger partial charge >= 0.3 is 0 Å². The summed E-state index contributed by atoms with van der Waals surface area (Å²) < 4.78 is 30.5. The van der Waals surface area contributed by atoms with Gasteiger partial charge in [0.25, 0.3) is 0 Å². The van der Waals surface area contributed by atoms with Gasteiger partial charge in [0, 0.05) is 43.6 Å². The molecule has 23 heavy (non-hydrogen) atoms. The van der Waals surface area contributed by atoms with Crippen molar-refractivity contribution in [2.75, 3.05) is 19.3 Å². The van der Waals surface area contributed by atoms with Crippen LogP contribution in [0.2, 0.25) is 0 Å². The van der Waals surface area contributed by atoms with Crippen molar-refractivity contribution in [3.8, 4) is 11.6 Å². The maximum atomic E-state index is 11.3. The Morgan fingerprint density at radius 2 is 2.00 bits per heavy atom. The molecule has 124 valence electrons. The fraction of sp³-hybridized carbons (Fsp3) is 0.467. The molecule has 1 fully saturated rings. The van der Waals surface area contributed by atoms with Gasteiger partial charge in [0.2, 0.25) is 10.0 Å². The highest BCUT2D eigenvalue weighted by molar-refractivity contribution is 7.88. The first-order valence-corrected chi connectivity index (χ1v) is 9.43. The molecule has 0 atom stereocenters. The van der Waals surface area contributed by atoms with E-state index >= 15 is 0 Å². The molecule has 2 aromatic heterocycles. The number of hydrogen-bond donors (Lipinski definition) is 1. The summed E-state index contributed by atoms with van der Waals surface area (Å²) in [6.45, 7) is 2.48. The highest BCUT2D eigenvalue weighted by Gasteiger charge is 2.21. The summed E-state index contributed by atoms with van der Waals surface area (Å²) in [5, 5.41) is 0. The minimum Gasteiger partial charge on any atom is -0.461 e. The van der Waals surface area contributed by atoms with Crippen molar-refractivity contribution in [1.82, 2.24) is 19.6 Å². The maximum Gasteiger partial charge on any atom is 0.208 e. The standard InChI is InChI=1S/C15H20N4O3S/c1-23(20,21)18-13-4-6-19(7-5-13)11-12-9-16-15(17-10-12)14-3-2-8-22-14/h2-3,8-10,13,18H,4-7,11H2,1H3. The van der Waals surface area contributed by atoms with Gasteiger partial charge in [0.1, 0.15) is 0 Å². The summed E-state index contributed by atoms with van der Waals surface area (Å²) in [5.74, 6) is 1.24. The molecule has 0 saturated carbocycles. The van der Waals surface area contributed by atoms with Crippen LogP contribution < -0.4 is 4.72 Å². The molecule has 1 saturated heterocycles. The van der Waals surface area contributed by atoms with Gasteiger partial charge in [-0.1, -0.05) is 0 Å². The molecule has 0 radical (unpaired) electrons. The lowest BCUT2D eigenvalue weighted by Gasteiger charge is -2.31. The third-order valence-electron chi connectivity index (χ3n) is 3.82. The van der Waals surface area contributed by atoms with Crippen LogP contribution in [0, 0.1) is 0 Å². The van der Waals surface area contributed by atoms with Crippen LogP contribution in [-0.2, 0) is 16.6 Å². The average Bonchev–Trinajstić information content (AvgIpc) is 3.03. The number of piperidine rings is 1. The van der Waals surface area contributed by atoms with Gasteiger partial charge in [-0.25, -0.2) is 23.1 Å². The topological polar surface area (TPSA) is 88.3 Å². The second kappa shape index (κ2) is 6.77. The minimum atomic E-state index is -3.12. The van der Waals surface area contributed by atoms with E-state index in [0.717, 1.165) is 38.0 Å². The van der Waals surface area contributed by atoms with Crippen LogP contribution in [0.4, 0.5) is 0 Å². The summed E-state index contributed by atoms with van der Waals surface area (Å²) in [5.41, 5.74) is 1.04. The van der Waals surface area contributed by atoms with Gasteiger partial charge < -0.3 is 4.42 Å². The highest BCUT2D eigenvalue weighted by Crippen LogP contribution is 2.16. The molecule has 7 nitrogen and oxygen atoms in total. The average molecular weight is 336 g/mol. The van der Waals surface area contributed by atoms with E-state index in [1.165, 1.54) is 6.26 Å². The SMILES string of the molecule is CS(=O)(=O)NC1CCN(Cc2cnc(-c3ccco3)nc2)CC1. The van der Waals surface area contributed by atoms with Gasteiger partial charge in [-0.05, 0) is 25.0 Å². The summed E-state index contributed by atoms with van der Waals surface area (Å²) in [7, 11) is -3.12. The molecule has 0 unspecified atom stereocenters. The fourth-order valence-electron chi connectivity index (χ4n) is 2.74. The molecular formula is C15H20N4O3S. The number of hydrogen-bond acceptors (Lipinski definition) is 6. The summed E-state index contributed by atoms with van der Waals surface area (Å²) in [6.07, 6.45) is 8.06. The fourth-order valence-corrected chi connectivity index (χ4v) is 3.58. The Morgan fingerprint density at radius 3 is 2.57 bits per heavy atom. The van der Waals surface area contributed by atoms with Crippen molar-refractivity contribution in [2.24, 2.45) is 0 Å². The number of furan rings is 1. The second-order valence-electron chi connectivity index (χ2n) is 5.83. The van der Waals surface area contributed by atoms with Crippen molar-refractivity contribution >= 4 is 10.0 Å². The first-order valence-electron chi connectivity index (χ1n) is 7.54. The Kier molecular flexibility index (Phi) is 4.74. The molecule has 0 aromatic carbocycles. The molecule has 0 bridgehead atoms. The second-order valence-corrected chi connectivity index (χ2v) is 7.61. The molecule has 3 heterocycles. The van der Waals surface area contributed by atoms with Crippen LogP contribution in [-0.4, -0.2) is 48.7 Å². The normalized spacial score (nSPS) is 17.4. The van der Waals surface area contributed by atoms with Gasteiger partial charge in [-0.15, -0.1) is 0 Å². The molecule has 2 aromatic rings. The lowest BCUT2D eigenvalue weighted by Crippen LogP contribution is -2.43. The zero-order chi connectivity index (χ0) is 16.3. The van der Waals surface area contributed by atoms with Crippen molar-refractivity contribution < 1.29 is 12.8 Å². The predicted octanol–water partition coefficient (Wildman–Crippen LogP) is 1.25. The van der Waals surface area contributed by atoms with Crippen LogP contribution >= 0.6 is 0 Å². The lowest BCUT2D eigenvalue weighted by molar-refractivity contribution is 0.199. The number of sulfonamides is 1. The van der Waals surface area contributed by atoms with E-state index in [1.54, 1.807) is 12.3 Å². The molecule has 0 spiro atoms. The van der Waals surface area contributed by atoms with Crippen molar-refractivity contribution in [3.05, 3.63) is 36.4 Å². The quantitative estimate of drug-likeness (QED) is 0.884. The van der Waals surface area contributed by atoms with Gasteiger partial charge in [-0.2, -0.15) is 0 Å². The number of nitrogens with one attached hydrogen (secondary N) is 1. The van der Waals surface area contributed by atoms with Gasteiger partial charge in [0.05, 0.1) is 12.5 Å². The number of likely N-dealkylation sites (tertiary alicyclic amines) is 1. The monoisotopic (exact) mass is 336 g/mol. The molecule has 1 aliphatic rings. The first kappa shape index (κ1) is 16.1. The Morgan fingerprint density at radius 1 is 1.30 bits per heavy atom. The largest absolute Gasteiger partial charge is 0.461 e. The molecular weight excluding hydrogens is 316 g/mol. The first-order chi connectivity index (χ1) is 11.0. The lowest BCUT2D eigenvalue weighted by atomic mass is 10.1. The van der Waals surface area contributed by atoms with E-state index in [9.17, 15) is 8.42 Å². The van der Waals surface area contributed by atoms with E-state index in [4.69, 9.17) is 4.42 Å². The van der Waals surface area contributed by atoms with Crippen LogP contribution in [0.25, 0.3) is 11.6 Å². The molecule has 3 rings (SSSR count). The molecule has 1 aliphatic heterocycles. The van der Waals surface area contributed by atoms with Crippen molar-refractivity contribution in [2.45, 2.75) is 25.4 Å². The molecule has 1 N–H and O–H groups in total. The third-order valence-corrected chi connectivity index (χ3v) is 4.58. The summed E-state index contributed by atoms with van der Waals surface area (Å²) in [6, 6.07) is 3.68. The van der Waals surface area contributed by atoms with Crippen molar-refractivity contribution in [1.29, 1.82) is 0 Å². The van der Waals surface area contributed by atoms with Gasteiger partial charge in [-0.3, -0.25) is 4.90 Å². The highest BCUT2D eigenvalue weighted by atomic mass is 32.2. The Labute approximate surface area is 135 Å². The van der Waals surface area contributed by atoms with Crippen LogP contribution in [0.5, 0.6) is 0 Å². The van der Waals surface area contributed by atoms with Crippen LogP contribution in [0.1, 0.15) is 18.4 Å². The smallest absolute Gasteiger partial charge is 0.208 e. The Bertz CT molecular complexity index is 721. The zero-order valence-corrected chi connectivity index (χ0v) is 13.8. The van der Waals surface area contributed by atoms with Crippen LogP contribution in [0.3, 0.4) is 0 Å². The van der Waals surface area contributed by atoms with E-state index in [1.807, 2.05) is 18.5 Å². The zero-order valence-electron chi connectivity index (χ0n) is 13.0. The Hall–Kier alpha value is -1.77. The number of nitrogens with zero attached hydrogens (tertiary/aromatic N) is 3. The van der Waals surface area contributed by atoms with E-state index < -0.39 is 10.0 Å². The molecule has 0 amide bonds.